The van der Waals surface area contributed by atoms with Crippen LogP contribution in [-0.2, 0) is 4.79 Å². The second-order valence-corrected chi connectivity index (χ2v) is 4.02. The molecule has 2 rings (SSSR count). The fraction of sp³-hybridized carbons (Fsp3) is 0.154. The molecular weight excluding hydrogens is 251 g/mol. The molecule has 0 spiro atoms. The van der Waals surface area contributed by atoms with Crippen molar-refractivity contribution in [2.24, 2.45) is 0 Å². The molecule has 98 valence electrons. The Kier molecular flexibility index (Phi) is 3.41. The van der Waals surface area contributed by atoms with Crippen molar-refractivity contribution in [3.8, 4) is 0 Å². The minimum atomic E-state index is -1.14. The lowest BCUT2D eigenvalue weighted by atomic mass is 10.1. The fourth-order valence-electron chi connectivity index (χ4n) is 1.78. The van der Waals surface area contributed by atoms with Crippen LogP contribution in [0.5, 0.6) is 0 Å². The lowest BCUT2D eigenvalue weighted by Gasteiger charge is -2.08. The van der Waals surface area contributed by atoms with Gasteiger partial charge in [0.1, 0.15) is 17.9 Å². The van der Waals surface area contributed by atoms with E-state index in [-0.39, 0.29) is 11.1 Å². The van der Waals surface area contributed by atoms with Gasteiger partial charge < -0.3 is 10.4 Å². The summed E-state index contributed by atoms with van der Waals surface area (Å²) in [7, 11) is 0. The highest BCUT2D eigenvalue weighted by Gasteiger charge is 2.14. The van der Waals surface area contributed by atoms with E-state index >= 15 is 0 Å². The van der Waals surface area contributed by atoms with Gasteiger partial charge in [0.15, 0.2) is 0 Å². The quantitative estimate of drug-likeness (QED) is 0.878. The van der Waals surface area contributed by atoms with Crippen LogP contribution in [0.2, 0.25) is 0 Å². The van der Waals surface area contributed by atoms with Gasteiger partial charge in [0, 0.05) is 11.1 Å². The summed E-state index contributed by atoms with van der Waals surface area (Å²) in [5.74, 6) is -2.23. The van der Waals surface area contributed by atoms with Crippen LogP contribution >= 0.6 is 0 Å². The second-order valence-electron chi connectivity index (χ2n) is 4.02. The number of hydrogen-bond acceptors (Lipinski definition) is 3. The Hall–Kier alpha value is -2.50. The minimum absolute atomic E-state index is 0.1000. The number of pyridine rings is 1. The Morgan fingerprint density at radius 1 is 1.42 bits per heavy atom. The number of aromatic nitrogens is 1. The molecule has 1 heterocycles. The zero-order valence-corrected chi connectivity index (χ0v) is 10.1. The van der Waals surface area contributed by atoms with Crippen molar-refractivity contribution in [2.75, 3.05) is 6.54 Å². The van der Waals surface area contributed by atoms with Crippen LogP contribution in [0.15, 0.2) is 24.3 Å². The maximum atomic E-state index is 13.6. The van der Waals surface area contributed by atoms with E-state index in [0.29, 0.717) is 11.1 Å². The average Bonchev–Trinajstić information content (AvgIpc) is 2.36. The fourth-order valence-corrected chi connectivity index (χ4v) is 1.78. The summed E-state index contributed by atoms with van der Waals surface area (Å²) in [6, 6.07) is 5.80. The molecule has 0 saturated carbocycles. The number of amides is 1. The van der Waals surface area contributed by atoms with Gasteiger partial charge in [0.05, 0.1) is 5.56 Å². The zero-order chi connectivity index (χ0) is 14.0. The van der Waals surface area contributed by atoms with Gasteiger partial charge in [-0.1, -0.05) is 12.1 Å². The number of nitrogens with zero attached hydrogens (tertiary/aromatic N) is 1. The standard InChI is InChI=1S/C13H11FN2O3/c1-7-5-9(13(19)15-6-11(17)18)8-3-2-4-10(14)12(8)16-7/h2-5H,6H2,1H3,(H,15,19)(H,17,18). The molecule has 2 aromatic rings. The summed E-state index contributed by atoms with van der Waals surface area (Å²) < 4.78 is 13.6. The van der Waals surface area contributed by atoms with E-state index in [4.69, 9.17) is 5.11 Å². The Morgan fingerprint density at radius 2 is 2.16 bits per heavy atom. The van der Waals surface area contributed by atoms with Crippen LogP contribution in [0.3, 0.4) is 0 Å². The molecule has 1 amide bonds. The van der Waals surface area contributed by atoms with Crippen LogP contribution in [0.25, 0.3) is 10.9 Å². The van der Waals surface area contributed by atoms with Gasteiger partial charge in [-0.2, -0.15) is 0 Å². The van der Waals surface area contributed by atoms with Crippen LogP contribution in [0.1, 0.15) is 16.1 Å². The Bertz CT molecular complexity index is 670. The largest absolute Gasteiger partial charge is 0.480 e. The van der Waals surface area contributed by atoms with Gasteiger partial charge in [-0.15, -0.1) is 0 Å². The van der Waals surface area contributed by atoms with E-state index in [2.05, 4.69) is 10.3 Å². The van der Waals surface area contributed by atoms with E-state index in [1.165, 1.54) is 18.2 Å². The maximum absolute atomic E-state index is 13.6. The number of benzene rings is 1. The number of carboxylic acid groups (broad SMARTS) is 1. The molecule has 0 radical (unpaired) electrons. The molecule has 1 aromatic heterocycles. The van der Waals surface area contributed by atoms with E-state index < -0.39 is 24.2 Å². The van der Waals surface area contributed by atoms with Crippen LogP contribution in [-0.4, -0.2) is 28.5 Å². The number of carbonyl (C=O) groups is 2. The summed E-state index contributed by atoms with van der Waals surface area (Å²) in [6.45, 7) is 1.15. The average molecular weight is 262 g/mol. The molecule has 0 fully saturated rings. The van der Waals surface area contributed by atoms with E-state index in [1.807, 2.05) is 0 Å². The van der Waals surface area contributed by atoms with E-state index in [1.54, 1.807) is 13.0 Å². The number of halogens is 1. The molecular formula is C13H11FN2O3. The molecule has 0 aliphatic heterocycles. The minimum Gasteiger partial charge on any atom is -0.480 e. The number of carboxylic acids is 1. The first kappa shape index (κ1) is 12.9. The first-order chi connectivity index (χ1) is 8.99. The molecule has 5 nitrogen and oxygen atoms in total. The number of para-hydroxylation sites is 1. The zero-order valence-electron chi connectivity index (χ0n) is 10.1. The van der Waals surface area contributed by atoms with Crippen LogP contribution in [0, 0.1) is 12.7 Å². The second kappa shape index (κ2) is 5.01. The number of carbonyl (C=O) groups excluding carboxylic acids is 1. The van der Waals surface area contributed by atoms with E-state index in [9.17, 15) is 14.0 Å². The lowest BCUT2D eigenvalue weighted by Crippen LogP contribution is -2.29. The molecule has 6 heteroatoms. The van der Waals surface area contributed by atoms with Crippen molar-refractivity contribution in [2.45, 2.75) is 6.92 Å². The third-order valence-corrected chi connectivity index (χ3v) is 2.56. The highest BCUT2D eigenvalue weighted by atomic mass is 19.1. The predicted octanol–water partition coefficient (Wildman–Crippen LogP) is 1.50. The first-order valence-corrected chi connectivity index (χ1v) is 5.55. The number of aliphatic carboxylic acids is 1. The SMILES string of the molecule is Cc1cc(C(=O)NCC(=O)O)c2cccc(F)c2n1. The molecule has 19 heavy (non-hydrogen) atoms. The topological polar surface area (TPSA) is 79.3 Å². The summed E-state index contributed by atoms with van der Waals surface area (Å²) in [5.41, 5.74) is 0.796. The van der Waals surface area contributed by atoms with Crippen LogP contribution < -0.4 is 5.32 Å². The van der Waals surface area contributed by atoms with Gasteiger partial charge in [-0.3, -0.25) is 9.59 Å². The van der Waals surface area contributed by atoms with E-state index in [0.717, 1.165) is 0 Å². The Labute approximate surface area is 108 Å². The summed E-state index contributed by atoms with van der Waals surface area (Å²) in [6.07, 6.45) is 0. The molecule has 0 unspecified atom stereocenters. The molecule has 0 bridgehead atoms. The maximum Gasteiger partial charge on any atom is 0.322 e. The number of rotatable bonds is 3. The van der Waals surface area contributed by atoms with Crippen molar-refractivity contribution in [3.05, 3.63) is 41.3 Å². The summed E-state index contributed by atoms with van der Waals surface area (Å²) in [5, 5.41) is 11.1. The number of hydrogen-bond donors (Lipinski definition) is 2. The number of aryl methyl sites for hydroxylation is 1. The third kappa shape index (κ3) is 2.67. The van der Waals surface area contributed by atoms with Crippen LogP contribution in [0.4, 0.5) is 4.39 Å². The molecule has 0 aliphatic carbocycles. The van der Waals surface area contributed by atoms with Crippen molar-refractivity contribution < 1.29 is 19.1 Å². The summed E-state index contributed by atoms with van der Waals surface area (Å²) >= 11 is 0. The Balaban J connectivity index is 2.50. The molecule has 0 aliphatic rings. The normalized spacial score (nSPS) is 10.4. The lowest BCUT2D eigenvalue weighted by molar-refractivity contribution is -0.135. The van der Waals surface area contributed by atoms with Gasteiger partial charge >= 0.3 is 5.97 Å². The molecule has 1 aromatic carbocycles. The monoisotopic (exact) mass is 262 g/mol. The molecule has 2 N–H and O–H groups in total. The third-order valence-electron chi connectivity index (χ3n) is 2.56. The van der Waals surface area contributed by atoms with Crippen molar-refractivity contribution in [1.82, 2.24) is 10.3 Å². The Morgan fingerprint density at radius 3 is 2.84 bits per heavy atom. The molecule has 0 saturated heterocycles. The number of nitrogens with one attached hydrogen (secondary N) is 1. The van der Waals surface area contributed by atoms with Crippen molar-refractivity contribution >= 4 is 22.8 Å². The van der Waals surface area contributed by atoms with Gasteiger partial charge in [-0.25, -0.2) is 9.37 Å². The van der Waals surface area contributed by atoms with Crippen molar-refractivity contribution in [3.63, 3.8) is 0 Å². The first-order valence-electron chi connectivity index (χ1n) is 5.55. The van der Waals surface area contributed by atoms with Gasteiger partial charge in [0.2, 0.25) is 0 Å². The highest BCUT2D eigenvalue weighted by molar-refractivity contribution is 6.06. The van der Waals surface area contributed by atoms with Crippen molar-refractivity contribution in [1.29, 1.82) is 0 Å². The van der Waals surface area contributed by atoms with Gasteiger partial charge in [-0.05, 0) is 19.1 Å². The van der Waals surface area contributed by atoms with Gasteiger partial charge in [0.25, 0.3) is 5.91 Å². The summed E-state index contributed by atoms with van der Waals surface area (Å²) in [4.78, 5) is 26.4. The molecule has 0 atom stereocenters. The number of fused-ring (bicyclic) bond motifs is 1. The highest BCUT2D eigenvalue weighted by Crippen LogP contribution is 2.20. The predicted molar refractivity (Wildman–Crippen MR) is 66.4 cm³/mol. The smallest absolute Gasteiger partial charge is 0.322 e.